The summed E-state index contributed by atoms with van der Waals surface area (Å²) in [6.07, 6.45) is 1.60. The number of para-hydroxylation sites is 2. The molecule has 0 fully saturated rings. The van der Waals surface area contributed by atoms with E-state index in [-0.39, 0.29) is 15.8 Å². The molecule has 0 saturated heterocycles. The molecule has 0 radical (unpaired) electrons. The number of rotatable bonds is 5. The van der Waals surface area contributed by atoms with E-state index in [9.17, 15) is 14.9 Å². The highest BCUT2D eigenvalue weighted by atomic mass is 35.5. The van der Waals surface area contributed by atoms with Crippen molar-refractivity contribution in [2.45, 2.75) is 0 Å². The number of nitriles is 1. The van der Waals surface area contributed by atoms with Crippen LogP contribution in [0.2, 0.25) is 5.02 Å². The van der Waals surface area contributed by atoms with Gasteiger partial charge in [0.25, 0.3) is 11.5 Å². The van der Waals surface area contributed by atoms with E-state index in [1.165, 1.54) is 4.57 Å². The summed E-state index contributed by atoms with van der Waals surface area (Å²) in [4.78, 5) is 26.6. The number of anilines is 1. The summed E-state index contributed by atoms with van der Waals surface area (Å²) >= 11 is 7.34. The number of hydrogen-bond donors (Lipinski definition) is 1. The monoisotopic (exact) mass is 523 g/mol. The third-order valence-electron chi connectivity index (χ3n) is 5.46. The SMILES string of the molecule is N#CC(C(=O)Nc1ccccc1)=c1sc(=Cc2ccc(-c3ccccc3Cl)o2)c(=O)n1-c1ccccc1. The minimum absolute atomic E-state index is 0.175. The lowest BCUT2D eigenvalue weighted by molar-refractivity contribution is -0.111. The molecule has 0 saturated carbocycles. The van der Waals surface area contributed by atoms with Gasteiger partial charge in [0.1, 0.15) is 22.3 Å². The molecule has 3 aromatic carbocycles. The van der Waals surface area contributed by atoms with Crippen LogP contribution in [0.4, 0.5) is 5.69 Å². The summed E-state index contributed by atoms with van der Waals surface area (Å²) in [6.45, 7) is 0. The molecule has 8 heteroatoms. The Kier molecular flexibility index (Phi) is 6.86. The first-order valence-corrected chi connectivity index (χ1v) is 12.4. The van der Waals surface area contributed by atoms with E-state index in [0.29, 0.717) is 32.5 Å². The first-order valence-electron chi connectivity index (χ1n) is 11.2. The number of benzene rings is 3. The van der Waals surface area contributed by atoms with Crippen LogP contribution >= 0.6 is 22.9 Å². The van der Waals surface area contributed by atoms with Crippen molar-refractivity contribution < 1.29 is 9.21 Å². The molecule has 0 aliphatic carbocycles. The number of furan rings is 1. The van der Waals surface area contributed by atoms with Gasteiger partial charge in [-0.05, 0) is 48.5 Å². The molecular weight excluding hydrogens is 506 g/mol. The molecule has 0 spiro atoms. The van der Waals surface area contributed by atoms with Gasteiger partial charge < -0.3 is 9.73 Å². The Hall–Kier alpha value is -4.64. The van der Waals surface area contributed by atoms with E-state index in [1.807, 2.05) is 36.4 Å². The van der Waals surface area contributed by atoms with Crippen molar-refractivity contribution in [3.05, 3.63) is 127 Å². The third-order valence-corrected chi connectivity index (χ3v) is 6.88. The highest BCUT2D eigenvalue weighted by molar-refractivity contribution is 7.07. The van der Waals surface area contributed by atoms with E-state index >= 15 is 0 Å². The van der Waals surface area contributed by atoms with Gasteiger partial charge in [-0.2, -0.15) is 5.26 Å². The van der Waals surface area contributed by atoms with Crippen LogP contribution in [0.25, 0.3) is 28.7 Å². The molecule has 180 valence electrons. The highest BCUT2D eigenvalue weighted by Crippen LogP contribution is 2.29. The van der Waals surface area contributed by atoms with E-state index in [2.05, 4.69) is 5.32 Å². The van der Waals surface area contributed by atoms with E-state index < -0.39 is 5.91 Å². The lowest BCUT2D eigenvalue weighted by Gasteiger charge is -2.05. The fourth-order valence-corrected chi connectivity index (χ4v) is 5.05. The number of carbonyl (C=O) groups excluding carboxylic acids is 1. The summed E-state index contributed by atoms with van der Waals surface area (Å²) in [5, 5.41) is 13.2. The smallest absolute Gasteiger partial charge is 0.273 e. The Morgan fingerprint density at radius 2 is 1.62 bits per heavy atom. The molecular formula is C29H18ClN3O3S. The molecule has 0 aliphatic heterocycles. The Morgan fingerprint density at radius 3 is 2.32 bits per heavy atom. The molecule has 37 heavy (non-hydrogen) atoms. The van der Waals surface area contributed by atoms with E-state index in [0.717, 1.165) is 16.9 Å². The fraction of sp³-hybridized carbons (Fsp3) is 0. The summed E-state index contributed by atoms with van der Waals surface area (Å²) < 4.78 is 7.84. The molecule has 6 nitrogen and oxygen atoms in total. The minimum Gasteiger partial charge on any atom is -0.457 e. The van der Waals surface area contributed by atoms with E-state index in [1.54, 1.807) is 72.8 Å². The van der Waals surface area contributed by atoms with Crippen molar-refractivity contribution in [3.8, 4) is 23.1 Å². The normalized spacial score (nSPS) is 12.2. The molecule has 2 aromatic heterocycles. The predicted molar refractivity (Wildman–Crippen MR) is 146 cm³/mol. The molecule has 0 unspecified atom stereocenters. The average molecular weight is 524 g/mol. The van der Waals surface area contributed by atoms with Gasteiger partial charge in [-0.15, -0.1) is 11.3 Å². The molecule has 2 heterocycles. The van der Waals surface area contributed by atoms with Crippen molar-refractivity contribution in [1.29, 1.82) is 5.26 Å². The molecule has 5 aromatic rings. The maximum atomic E-state index is 13.6. The third kappa shape index (κ3) is 5.02. The zero-order chi connectivity index (χ0) is 25.8. The Labute approximate surface area is 220 Å². The van der Waals surface area contributed by atoms with Crippen LogP contribution in [0.5, 0.6) is 0 Å². The number of nitrogens with one attached hydrogen (secondary N) is 1. The summed E-state index contributed by atoms with van der Waals surface area (Å²) in [5.74, 6) is 0.390. The van der Waals surface area contributed by atoms with Crippen LogP contribution in [-0.4, -0.2) is 10.5 Å². The number of halogens is 1. The minimum atomic E-state index is -0.606. The van der Waals surface area contributed by atoms with Gasteiger partial charge in [-0.3, -0.25) is 14.2 Å². The van der Waals surface area contributed by atoms with Gasteiger partial charge in [0.15, 0.2) is 5.57 Å². The fourth-order valence-electron chi connectivity index (χ4n) is 3.74. The maximum absolute atomic E-state index is 13.6. The van der Waals surface area contributed by atoms with Crippen molar-refractivity contribution in [2.75, 3.05) is 5.32 Å². The summed E-state index contributed by atoms with van der Waals surface area (Å²) in [5.41, 5.74) is 1.26. The van der Waals surface area contributed by atoms with Crippen molar-refractivity contribution in [2.24, 2.45) is 0 Å². The van der Waals surface area contributed by atoms with Gasteiger partial charge in [0.05, 0.1) is 15.2 Å². The second-order valence-electron chi connectivity index (χ2n) is 7.88. The Bertz CT molecular complexity index is 1810. The Balaban J connectivity index is 1.67. The topological polar surface area (TPSA) is 88.0 Å². The largest absolute Gasteiger partial charge is 0.457 e. The number of nitrogens with zero attached hydrogens (tertiary/aromatic N) is 2. The Morgan fingerprint density at radius 1 is 0.946 bits per heavy atom. The number of amides is 1. The first kappa shape index (κ1) is 24.1. The van der Waals surface area contributed by atoms with Crippen molar-refractivity contribution in [1.82, 2.24) is 4.57 Å². The highest BCUT2D eigenvalue weighted by Gasteiger charge is 2.17. The van der Waals surface area contributed by atoms with Crippen molar-refractivity contribution >= 4 is 46.2 Å². The van der Waals surface area contributed by atoms with Gasteiger partial charge in [0.2, 0.25) is 0 Å². The second kappa shape index (κ2) is 10.5. The molecule has 0 atom stereocenters. The summed E-state index contributed by atoms with van der Waals surface area (Å²) in [7, 11) is 0. The number of carbonyl (C=O) groups is 1. The van der Waals surface area contributed by atoms with Gasteiger partial charge in [0, 0.05) is 17.3 Å². The van der Waals surface area contributed by atoms with Gasteiger partial charge >= 0.3 is 0 Å². The quantitative estimate of drug-likeness (QED) is 0.353. The van der Waals surface area contributed by atoms with E-state index in [4.69, 9.17) is 16.0 Å². The van der Waals surface area contributed by atoms with Gasteiger partial charge in [-0.1, -0.05) is 60.1 Å². The number of aromatic nitrogens is 1. The van der Waals surface area contributed by atoms with Crippen LogP contribution in [0.3, 0.4) is 0 Å². The van der Waals surface area contributed by atoms with Crippen LogP contribution < -0.4 is 20.1 Å². The van der Waals surface area contributed by atoms with Crippen LogP contribution in [-0.2, 0) is 4.79 Å². The lowest BCUT2D eigenvalue weighted by Crippen LogP contribution is -2.32. The summed E-state index contributed by atoms with van der Waals surface area (Å²) in [6, 6.07) is 30.5. The van der Waals surface area contributed by atoms with Crippen molar-refractivity contribution in [3.63, 3.8) is 0 Å². The van der Waals surface area contributed by atoms with Crippen LogP contribution in [0.15, 0.2) is 106 Å². The maximum Gasteiger partial charge on any atom is 0.273 e. The molecule has 5 rings (SSSR count). The van der Waals surface area contributed by atoms with Crippen LogP contribution in [0.1, 0.15) is 5.76 Å². The zero-order valence-electron chi connectivity index (χ0n) is 19.2. The van der Waals surface area contributed by atoms with Crippen LogP contribution in [0, 0.1) is 11.3 Å². The molecule has 1 N–H and O–H groups in total. The number of thiazole rings is 1. The number of hydrogen-bond acceptors (Lipinski definition) is 5. The predicted octanol–water partition coefficient (Wildman–Crippen LogP) is 4.95. The lowest BCUT2D eigenvalue weighted by atomic mass is 10.2. The molecule has 0 aliphatic rings. The molecule has 1 amide bonds. The standard InChI is InChI=1S/C29H18ClN3O3S/c30-24-14-8-7-13-22(24)25-16-15-21(36-25)17-26-28(35)33(20-11-5-2-6-12-20)29(37-26)23(18-31)27(34)32-19-9-3-1-4-10-19/h1-17H,(H,32,34). The van der Waals surface area contributed by atoms with Gasteiger partial charge in [-0.25, -0.2) is 0 Å². The zero-order valence-corrected chi connectivity index (χ0v) is 20.8. The first-order chi connectivity index (χ1) is 18.0. The second-order valence-corrected chi connectivity index (χ2v) is 9.32. The molecule has 0 bridgehead atoms. The average Bonchev–Trinajstić information content (AvgIpc) is 3.50.